The molecule has 3 nitrogen and oxygen atoms in total. The van der Waals surface area contributed by atoms with Crippen LogP contribution in [0.25, 0.3) is 0 Å². The summed E-state index contributed by atoms with van der Waals surface area (Å²) in [5, 5.41) is 13.1. The number of carbonyl (C=O) groups excluding carboxylic acids is 1. The van der Waals surface area contributed by atoms with Crippen molar-refractivity contribution in [3.8, 4) is 0 Å². The lowest BCUT2D eigenvalue weighted by Gasteiger charge is -2.23. The summed E-state index contributed by atoms with van der Waals surface area (Å²) >= 11 is 0. The summed E-state index contributed by atoms with van der Waals surface area (Å²) in [7, 11) is 0. The van der Waals surface area contributed by atoms with Crippen LogP contribution in [0.5, 0.6) is 0 Å². The molecule has 2 aliphatic carbocycles. The summed E-state index contributed by atoms with van der Waals surface area (Å²) < 4.78 is 13.3. The second kappa shape index (κ2) is 4.85. The molecule has 2 fully saturated rings. The molecule has 1 aromatic rings. The maximum atomic E-state index is 13.3. The maximum Gasteiger partial charge on any atom is 0.251 e. The van der Waals surface area contributed by atoms with Crippen LogP contribution in [0.2, 0.25) is 0 Å². The predicted molar refractivity (Wildman–Crippen MR) is 73.7 cm³/mol. The summed E-state index contributed by atoms with van der Waals surface area (Å²) in [5.41, 5.74) is -0.374. The number of hydrogen-bond acceptors (Lipinski definition) is 2. The van der Waals surface area contributed by atoms with Gasteiger partial charge in [-0.2, -0.15) is 0 Å². The first-order chi connectivity index (χ1) is 9.54. The van der Waals surface area contributed by atoms with Crippen LogP contribution in [0.1, 0.15) is 44.1 Å². The van der Waals surface area contributed by atoms with Gasteiger partial charge in [0.2, 0.25) is 0 Å². The highest BCUT2D eigenvalue weighted by Crippen LogP contribution is 2.47. The lowest BCUT2D eigenvalue weighted by molar-refractivity contribution is -0.139. The van der Waals surface area contributed by atoms with E-state index in [1.165, 1.54) is 6.07 Å². The smallest absolute Gasteiger partial charge is 0.251 e. The molecule has 0 atom stereocenters. The Hall–Kier alpha value is -1.42. The van der Waals surface area contributed by atoms with Gasteiger partial charge in [-0.3, -0.25) is 4.79 Å². The summed E-state index contributed by atoms with van der Waals surface area (Å²) in [6, 6.07) is 6.59. The molecule has 108 valence electrons. The van der Waals surface area contributed by atoms with E-state index in [4.69, 9.17) is 0 Å². The average molecular weight is 277 g/mol. The molecule has 0 aromatic heterocycles. The monoisotopic (exact) mass is 277 g/mol. The second-order valence-corrected chi connectivity index (χ2v) is 6.21. The highest BCUT2D eigenvalue weighted by molar-refractivity contribution is 5.85. The van der Waals surface area contributed by atoms with Crippen molar-refractivity contribution in [1.29, 1.82) is 0 Å². The quantitative estimate of drug-likeness (QED) is 0.887. The molecule has 0 radical (unpaired) electrons. The molecular formula is C16H20FNO2. The Morgan fingerprint density at radius 1 is 1.25 bits per heavy atom. The van der Waals surface area contributed by atoms with E-state index in [2.05, 4.69) is 5.32 Å². The van der Waals surface area contributed by atoms with Gasteiger partial charge in [0.1, 0.15) is 11.4 Å². The van der Waals surface area contributed by atoms with Crippen LogP contribution in [0.4, 0.5) is 4.39 Å². The molecule has 0 aliphatic heterocycles. The van der Waals surface area contributed by atoms with E-state index in [9.17, 15) is 14.3 Å². The van der Waals surface area contributed by atoms with Crippen molar-refractivity contribution in [1.82, 2.24) is 5.32 Å². The zero-order valence-electron chi connectivity index (χ0n) is 11.5. The van der Waals surface area contributed by atoms with E-state index in [1.54, 1.807) is 12.1 Å². The van der Waals surface area contributed by atoms with Crippen LogP contribution >= 0.6 is 0 Å². The van der Waals surface area contributed by atoms with Crippen molar-refractivity contribution in [3.05, 3.63) is 35.6 Å². The fourth-order valence-electron chi connectivity index (χ4n) is 3.14. The standard InChI is InChI=1S/C16H20FNO2/c17-13-5-3-4-12(10-13)15(8-9-15)11-18-14(19)16(20)6-1-2-7-16/h3-5,10,20H,1-2,6-9,11H2,(H,18,19). The molecule has 3 rings (SSSR count). The van der Waals surface area contributed by atoms with Crippen molar-refractivity contribution < 1.29 is 14.3 Å². The first kappa shape index (κ1) is 13.6. The Bertz CT molecular complexity index is 519. The van der Waals surface area contributed by atoms with Gasteiger partial charge in [-0.05, 0) is 56.2 Å². The van der Waals surface area contributed by atoms with E-state index in [-0.39, 0.29) is 17.1 Å². The summed E-state index contributed by atoms with van der Waals surface area (Å²) in [4.78, 5) is 12.1. The minimum Gasteiger partial charge on any atom is -0.380 e. The molecule has 2 saturated carbocycles. The van der Waals surface area contributed by atoms with Crippen LogP contribution in [0.3, 0.4) is 0 Å². The van der Waals surface area contributed by atoms with Gasteiger partial charge in [0, 0.05) is 12.0 Å². The Morgan fingerprint density at radius 3 is 2.55 bits per heavy atom. The van der Waals surface area contributed by atoms with Crippen molar-refractivity contribution in [2.45, 2.75) is 49.5 Å². The molecule has 0 spiro atoms. The van der Waals surface area contributed by atoms with Crippen LogP contribution in [0.15, 0.2) is 24.3 Å². The number of rotatable bonds is 4. The van der Waals surface area contributed by atoms with Gasteiger partial charge in [-0.1, -0.05) is 12.1 Å². The third-order valence-corrected chi connectivity index (χ3v) is 4.73. The number of nitrogens with one attached hydrogen (secondary N) is 1. The van der Waals surface area contributed by atoms with Gasteiger partial charge >= 0.3 is 0 Å². The fourth-order valence-corrected chi connectivity index (χ4v) is 3.14. The zero-order valence-corrected chi connectivity index (χ0v) is 11.5. The van der Waals surface area contributed by atoms with Crippen molar-refractivity contribution in [2.24, 2.45) is 0 Å². The Labute approximate surface area is 118 Å². The molecule has 20 heavy (non-hydrogen) atoms. The molecule has 2 N–H and O–H groups in total. The molecule has 0 bridgehead atoms. The van der Waals surface area contributed by atoms with Gasteiger partial charge < -0.3 is 10.4 Å². The van der Waals surface area contributed by atoms with Crippen molar-refractivity contribution >= 4 is 5.91 Å². The van der Waals surface area contributed by atoms with Gasteiger partial charge in [-0.15, -0.1) is 0 Å². The second-order valence-electron chi connectivity index (χ2n) is 6.21. The van der Waals surface area contributed by atoms with Crippen LogP contribution in [-0.2, 0) is 10.2 Å². The molecular weight excluding hydrogens is 257 g/mol. The topological polar surface area (TPSA) is 49.3 Å². The number of carbonyl (C=O) groups is 1. The molecule has 0 unspecified atom stereocenters. The number of hydrogen-bond donors (Lipinski definition) is 2. The van der Waals surface area contributed by atoms with Gasteiger partial charge in [0.15, 0.2) is 0 Å². The highest BCUT2D eigenvalue weighted by atomic mass is 19.1. The van der Waals surface area contributed by atoms with Gasteiger partial charge in [0.25, 0.3) is 5.91 Å². The van der Waals surface area contributed by atoms with Gasteiger partial charge in [-0.25, -0.2) is 4.39 Å². The normalized spacial score (nSPS) is 22.5. The van der Waals surface area contributed by atoms with Gasteiger partial charge in [0.05, 0.1) is 0 Å². The maximum absolute atomic E-state index is 13.3. The van der Waals surface area contributed by atoms with Crippen molar-refractivity contribution in [3.63, 3.8) is 0 Å². The first-order valence-corrected chi connectivity index (χ1v) is 7.31. The molecule has 2 aliphatic rings. The highest BCUT2D eigenvalue weighted by Gasteiger charge is 2.46. The van der Waals surface area contributed by atoms with Crippen LogP contribution in [-0.4, -0.2) is 23.2 Å². The number of halogens is 1. The van der Waals surface area contributed by atoms with Crippen LogP contribution < -0.4 is 5.32 Å². The fraction of sp³-hybridized carbons (Fsp3) is 0.562. The minimum absolute atomic E-state index is 0.132. The largest absolute Gasteiger partial charge is 0.380 e. The molecule has 4 heteroatoms. The Kier molecular flexibility index (Phi) is 3.28. The number of amides is 1. The molecule has 1 aromatic carbocycles. The van der Waals surface area contributed by atoms with Crippen molar-refractivity contribution in [2.75, 3.05) is 6.54 Å². The summed E-state index contributed by atoms with van der Waals surface area (Å²) in [5.74, 6) is -0.507. The molecule has 0 saturated heterocycles. The first-order valence-electron chi connectivity index (χ1n) is 7.31. The summed E-state index contributed by atoms with van der Waals surface area (Å²) in [6.45, 7) is 0.484. The lowest BCUT2D eigenvalue weighted by atomic mass is 9.95. The Morgan fingerprint density at radius 2 is 1.95 bits per heavy atom. The van der Waals surface area contributed by atoms with E-state index in [1.807, 2.05) is 6.07 Å². The van der Waals surface area contributed by atoms with E-state index in [0.29, 0.717) is 19.4 Å². The molecule has 1 amide bonds. The Balaban J connectivity index is 1.65. The predicted octanol–water partition coefficient (Wildman–Crippen LogP) is 2.28. The zero-order chi connectivity index (χ0) is 14.2. The van der Waals surface area contributed by atoms with E-state index < -0.39 is 5.60 Å². The minimum atomic E-state index is -1.18. The molecule has 0 heterocycles. The average Bonchev–Trinajstić information content (AvgIpc) is 3.11. The van der Waals surface area contributed by atoms with Crippen LogP contribution in [0, 0.1) is 5.82 Å². The van der Waals surface area contributed by atoms with E-state index >= 15 is 0 Å². The van der Waals surface area contributed by atoms with E-state index in [0.717, 1.165) is 31.2 Å². The number of aliphatic hydroxyl groups is 1. The summed E-state index contributed by atoms with van der Waals surface area (Å²) in [6.07, 6.45) is 4.81. The number of benzene rings is 1. The third kappa shape index (κ3) is 2.44. The lowest BCUT2D eigenvalue weighted by Crippen LogP contribution is -2.47. The SMILES string of the molecule is O=C(NCC1(c2cccc(F)c2)CC1)C1(O)CCCC1. The third-order valence-electron chi connectivity index (χ3n) is 4.73.